The van der Waals surface area contributed by atoms with Crippen LogP contribution in [0.15, 0.2) is 0 Å². The Morgan fingerprint density at radius 1 is 1.36 bits per heavy atom. The molecule has 0 heterocycles. The summed E-state index contributed by atoms with van der Waals surface area (Å²) in [4.78, 5) is 11.4. The lowest BCUT2D eigenvalue weighted by molar-refractivity contribution is 0.193. The second kappa shape index (κ2) is 5.20. The van der Waals surface area contributed by atoms with E-state index in [4.69, 9.17) is 5.11 Å². The van der Waals surface area contributed by atoms with Crippen molar-refractivity contribution in [1.29, 1.82) is 0 Å². The van der Waals surface area contributed by atoms with Gasteiger partial charge in [0.2, 0.25) is 0 Å². The molecule has 0 fully saturated rings. The molecule has 0 aromatic rings. The van der Waals surface area contributed by atoms with Crippen LogP contribution in [0.5, 0.6) is 0 Å². The molecule has 2 amide bonds. The third-order valence-corrected chi connectivity index (χ3v) is 1.81. The summed E-state index contributed by atoms with van der Waals surface area (Å²) >= 11 is 0. The summed E-state index contributed by atoms with van der Waals surface area (Å²) in [5.74, 6) is 0.228. The zero-order valence-electron chi connectivity index (χ0n) is 9.72. The van der Waals surface area contributed by atoms with Gasteiger partial charge in [0.05, 0.1) is 12.6 Å². The Morgan fingerprint density at radius 3 is 2.14 bits per heavy atom. The average molecular weight is 202 g/mol. The van der Waals surface area contributed by atoms with E-state index in [2.05, 4.69) is 10.6 Å². The third kappa shape index (κ3) is 5.80. The van der Waals surface area contributed by atoms with Gasteiger partial charge in [-0.25, -0.2) is 4.79 Å². The largest absolute Gasteiger partial charge is 0.394 e. The van der Waals surface area contributed by atoms with E-state index in [0.717, 1.165) is 0 Å². The molecule has 0 rings (SSSR count). The van der Waals surface area contributed by atoms with Crippen molar-refractivity contribution in [3.8, 4) is 0 Å². The smallest absolute Gasteiger partial charge is 0.315 e. The second-order valence-electron chi connectivity index (χ2n) is 4.88. The van der Waals surface area contributed by atoms with Gasteiger partial charge in [-0.15, -0.1) is 0 Å². The van der Waals surface area contributed by atoms with Crippen LogP contribution < -0.4 is 10.6 Å². The van der Waals surface area contributed by atoms with E-state index in [1.807, 2.05) is 34.6 Å². The van der Waals surface area contributed by atoms with Gasteiger partial charge < -0.3 is 15.7 Å². The van der Waals surface area contributed by atoms with Gasteiger partial charge in [-0.2, -0.15) is 0 Å². The molecule has 0 aliphatic rings. The van der Waals surface area contributed by atoms with Crippen molar-refractivity contribution in [3.05, 3.63) is 0 Å². The fourth-order valence-electron chi connectivity index (χ4n) is 0.968. The number of hydrogen-bond donors (Lipinski definition) is 3. The molecular weight excluding hydrogens is 180 g/mol. The maximum Gasteiger partial charge on any atom is 0.315 e. The van der Waals surface area contributed by atoms with Gasteiger partial charge in [0.25, 0.3) is 0 Å². The first-order valence-corrected chi connectivity index (χ1v) is 4.96. The number of carbonyl (C=O) groups excluding carboxylic acids is 1. The minimum atomic E-state index is -0.249. The minimum Gasteiger partial charge on any atom is -0.394 e. The number of carbonyl (C=O) groups is 1. The molecule has 0 bridgehead atoms. The van der Waals surface area contributed by atoms with E-state index in [1.54, 1.807) is 0 Å². The Hall–Kier alpha value is -0.770. The Labute approximate surface area is 86.1 Å². The van der Waals surface area contributed by atoms with Crippen molar-refractivity contribution in [3.63, 3.8) is 0 Å². The molecule has 0 aliphatic heterocycles. The summed E-state index contributed by atoms with van der Waals surface area (Å²) in [5, 5.41) is 14.5. The Morgan fingerprint density at radius 2 is 1.86 bits per heavy atom. The van der Waals surface area contributed by atoms with E-state index in [0.29, 0.717) is 0 Å². The standard InChI is InChI=1S/C10H22N2O2/c1-7(2)8(6-13)11-9(14)12-10(3,4)5/h7-8,13H,6H2,1-5H3,(H2,11,12,14). The van der Waals surface area contributed by atoms with Crippen LogP contribution in [0.25, 0.3) is 0 Å². The number of rotatable bonds is 3. The lowest BCUT2D eigenvalue weighted by Gasteiger charge is -2.25. The van der Waals surface area contributed by atoms with Crippen LogP contribution in [-0.4, -0.2) is 29.3 Å². The number of aliphatic hydroxyl groups excluding tert-OH is 1. The number of amides is 2. The molecular formula is C10H22N2O2. The van der Waals surface area contributed by atoms with Crippen molar-refractivity contribution >= 4 is 6.03 Å². The fraction of sp³-hybridized carbons (Fsp3) is 0.900. The Balaban J connectivity index is 4.04. The topological polar surface area (TPSA) is 61.4 Å². The van der Waals surface area contributed by atoms with Gasteiger partial charge in [0, 0.05) is 5.54 Å². The predicted molar refractivity (Wildman–Crippen MR) is 57.1 cm³/mol. The first-order valence-electron chi connectivity index (χ1n) is 4.96. The van der Waals surface area contributed by atoms with Crippen LogP contribution in [-0.2, 0) is 0 Å². The van der Waals surface area contributed by atoms with Crippen molar-refractivity contribution in [2.75, 3.05) is 6.61 Å². The molecule has 4 heteroatoms. The number of nitrogens with one attached hydrogen (secondary N) is 2. The van der Waals surface area contributed by atoms with Gasteiger partial charge in [-0.1, -0.05) is 13.8 Å². The number of hydrogen-bond acceptors (Lipinski definition) is 2. The highest BCUT2D eigenvalue weighted by Gasteiger charge is 2.18. The summed E-state index contributed by atoms with van der Waals surface area (Å²) < 4.78 is 0. The van der Waals surface area contributed by atoms with Crippen molar-refractivity contribution in [2.24, 2.45) is 5.92 Å². The monoisotopic (exact) mass is 202 g/mol. The van der Waals surface area contributed by atoms with Crippen LogP contribution in [0, 0.1) is 5.92 Å². The molecule has 0 saturated carbocycles. The molecule has 0 aromatic heterocycles. The lowest BCUT2D eigenvalue weighted by Crippen LogP contribution is -2.51. The minimum absolute atomic E-state index is 0.0325. The lowest BCUT2D eigenvalue weighted by atomic mass is 10.1. The van der Waals surface area contributed by atoms with E-state index < -0.39 is 0 Å². The first kappa shape index (κ1) is 13.2. The molecule has 0 radical (unpaired) electrons. The fourth-order valence-corrected chi connectivity index (χ4v) is 0.968. The maximum absolute atomic E-state index is 11.4. The maximum atomic E-state index is 11.4. The molecule has 1 unspecified atom stereocenters. The highest BCUT2D eigenvalue weighted by Crippen LogP contribution is 2.02. The normalized spacial score (nSPS) is 13.9. The highest BCUT2D eigenvalue weighted by molar-refractivity contribution is 5.75. The van der Waals surface area contributed by atoms with E-state index in [-0.39, 0.29) is 30.1 Å². The summed E-state index contributed by atoms with van der Waals surface area (Å²) in [6.45, 7) is 9.62. The molecule has 3 N–H and O–H groups in total. The number of urea groups is 1. The zero-order chi connectivity index (χ0) is 11.4. The molecule has 4 nitrogen and oxygen atoms in total. The first-order chi connectivity index (χ1) is 6.26. The Kier molecular flexibility index (Phi) is 4.91. The SMILES string of the molecule is CC(C)C(CO)NC(=O)NC(C)(C)C. The van der Waals surface area contributed by atoms with Crippen molar-refractivity contribution in [1.82, 2.24) is 10.6 Å². The van der Waals surface area contributed by atoms with Gasteiger partial charge in [-0.3, -0.25) is 0 Å². The van der Waals surface area contributed by atoms with Crippen LogP contribution >= 0.6 is 0 Å². The quantitative estimate of drug-likeness (QED) is 0.642. The average Bonchev–Trinajstić information content (AvgIpc) is 1.96. The molecule has 1 atom stereocenters. The van der Waals surface area contributed by atoms with Crippen LogP contribution in [0.3, 0.4) is 0 Å². The molecule has 0 spiro atoms. The number of aliphatic hydroxyl groups is 1. The summed E-state index contributed by atoms with van der Waals surface area (Å²) in [6, 6.07) is -0.414. The van der Waals surface area contributed by atoms with Gasteiger partial charge >= 0.3 is 6.03 Å². The van der Waals surface area contributed by atoms with Gasteiger partial charge in [-0.05, 0) is 26.7 Å². The van der Waals surface area contributed by atoms with E-state index in [1.165, 1.54) is 0 Å². The molecule has 0 saturated heterocycles. The zero-order valence-corrected chi connectivity index (χ0v) is 9.72. The Bertz CT molecular complexity index is 185. The van der Waals surface area contributed by atoms with Crippen molar-refractivity contribution in [2.45, 2.75) is 46.2 Å². The van der Waals surface area contributed by atoms with Crippen LogP contribution in [0.4, 0.5) is 4.79 Å². The summed E-state index contributed by atoms with van der Waals surface area (Å²) in [5.41, 5.74) is -0.249. The molecule has 14 heavy (non-hydrogen) atoms. The van der Waals surface area contributed by atoms with Crippen molar-refractivity contribution < 1.29 is 9.90 Å². The summed E-state index contributed by atoms with van der Waals surface area (Å²) in [6.07, 6.45) is 0. The van der Waals surface area contributed by atoms with Crippen LogP contribution in [0.2, 0.25) is 0 Å². The van der Waals surface area contributed by atoms with Gasteiger partial charge in [0.1, 0.15) is 0 Å². The molecule has 0 aromatic carbocycles. The predicted octanol–water partition coefficient (Wildman–Crippen LogP) is 1.10. The van der Waals surface area contributed by atoms with E-state index >= 15 is 0 Å². The van der Waals surface area contributed by atoms with Gasteiger partial charge in [0.15, 0.2) is 0 Å². The third-order valence-electron chi connectivity index (χ3n) is 1.81. The molecule has 84 valence electrons. The summed E-state index contributed by atoms with van der Waals surface area (Å²) in [7, 11) is 0. The van der Waals surface area contributed by atoms with Crippen LogP contribution in [0.1, 0.15) is 34.6 Å². The highest BCUT2D eigenvalue weighted by atomic mass is 16.3. The van der Waals surface area contributed by atoms with E-state index in [9.17, 15) is 4.79 Å². The molecule has 0 aliphatic carbocycles. The second-order valence-corrected chi connectivity index (χ2v) is 4.88.